The second kappa shape index (κ2) is 6.02. The number of amides is 2. The second-order valence-electron chi connectivity index (χ2n) is 6.42. The number of hydrogen-bond acceptors (Lipinski definition) is 2. The first-order valence-corrected chi connectivity index (χ1v) is 7.80. The lowest BCUT2D eigenvalue weighted by Gasteiger charge is -2.38. The van der Waals surface area contributed by atoms with Gasteiger partial charge in [0.25, 0.3) is 0 Å². The highest BCUT2D eigenvalue weighted by Crippen LogP contribution is 2.33. The van der Waals surface area contributed by atoms with Gasteiger partial charge < -0.3 is 15.3 Å². The molecular formula is C15H26N2O3. The third-order valence-electron chi connectivity index (χ3n) is 4.86. The summed E-state index contributed by atoms with van der Waals surface area (Å²) >= 11 is 0. The van der Waals surface area contributed by atoms with Crippen molar-refractivity contribution < 1.29 is 14.7 Å². The lowest BCUT2D eigenvalue weighted by atomic mass is 9.76. The molecule has 1 aliphatic carbocycles. The standard InChI is InChI=1S/C15H26N2O3/c1-3-12-7-5-9-17(12)14(20)16-15(13(18)19)8-4-6-11(2)10-15/h11-12H,3-10H2,1-2H3,(H,16,20)(H,18,19). The first kappa shape index (κ1) is 15.1. The predicted molar refractivity (Wildman–Crippen MR) is 76.5 cm³/mol. The number of carboxylic acids is 1. The molecule has 3 unspecified atom stereocenters. The SMILES string of the molecule is CCC1CCCN1C(=O)NC1(C(=O)O)CCCC(C)C1. The molecular weight excluding hydrogens is 256 g/mol. The van der Waals surface area contributed by atoms with E-state index in [2.05, 4.69) is 19.2 Å². The number of hydrogen-bond donors (Lipinski definition) is 2. The van der Waals surface area contributed by atoms with E-state index in [1.54, 1.807) is 0 Å². The number of carbonyl (C=O) groups is 2. The molecule has 114 valence electrons. The fourth-order valence-corrected chi connectivity index (χ4v) is 3.72. The number of rotatable bonds is 3. The van der Waals surface area contributed by atoms with E-state index < -0.39 is 11.5 Å². The Morgan fingerprint density at radius 2 is 2.10 bits per heavy atom. The van der Waals surface area contributed by atoms with Crippen LogP contribution in [0.5, 0.6) is 0 Å². The first-order chi connectivity index (χ1) is 9.48. The summed E-state index contributed by atoms with van der Waals surface area (Å²) in [6.07, 6.45) is 5.98. The minimum Gasteiger partial charge on any atom is -0.480 e. The highest BCUT2D eigenvalue weighted by molar-refractivity contribution is 5.86. The molecule has 2 aliphatic rings. The molecule has 1 heterocycles. The molecule has 0 radical (unpaired) electrons. The van der Waals surface area contributed by atoms with Gasteiger partial charge in [0.05, 0.1) is 0 Å². The number of aliphatic carboxylic acids is 1. The molecule has 3 atom stereocenters. The Hall–Kier alpha value is -1.26. The van der Waals surface area contributed by atoms with Crippen molar-refractivity contribution in [1.82, 2.24) is 10.2 Å². The molecule has 0 aromatic carbocycles. The molecule has 1 aliphatic heterocycles. The molecule has 0 aromatic heterocycles. The number of carbonyl (C=O) groups excluding carboxylic acids is 1. The number of nitrogens with one attached hydrogen (secondary N) is 1. The van der Waals surface area contributed by atoms with Gasteiger partial charge in [-0.15, -0.1) is 0 Å². The van der Waals surface area contributed by atoms with Crippen molar-refractivity contribution in [3.8, 4) is 0 Å². The lowest BCUT2D eigenvalue weighted by molar-refractivity contribution is -0.146. The average molecular weight is 282 g/mol. The van der Waals surface area contributed by atoms with Crippen LogP contribution in [0.1, 0.15) is 58.8 Å². The van der Waals surface area contributed by atoms with Crippen LogP contribution in [0.3, 0.4) is 0 Å². The van der Waals surface area contributed by atoms with Crippen LogP contribution in [0, 0.1) is 5.92 Å². The van der Waals surface area contributed by atoms with E-state index in [-0.39, 0.29) is 12.1 Å². The Morgan fingerprint density at radius 1 is 1.35 bits per heavy atom. The van der Waals surface area contributed by atoms with E-state index in [1.165, 1.54) is 0 Å². The van der Waals surface area contributed by atoms with Crippen molar-refractivity contribution in [2.75, 3.05) is 6.54 Å². The molecule has 0 bridgehead atoms. The summed E-state index contributed by atoms with van der Waals surface area (Å²) in [5.74, 6) is -0.537. The van der Waals surface area contributed by atoms with Crippen molar-refractivity contribution in [2.24, 2.45) is 5.92 Å². The van der Waals surface area contributed by atoms with Crippen LogP contribution >= 0.6 is 0 Å². The average Bonchev–Trinajstić information content (AvgIpc) is 2.86. The molecule has 5 nitrogen and oxygen atoms in total. The minimum atomic E-state index is -1.06. The summed E-state index contributed by atoms with van der Waals surface area (Å²) in [6.45, 7) is 4.88. The summed E-state index contributed by atoms with van der Waals surface area (Å²) in [5.41, 5.74) is -1.06. The number of likely N-dealkylation sites (tertiary alicyclic amines) is 1. The van der Waals surface area contributed by atoms with Crippen LogP contribution < -0.4 is 5.32 Å². The fraction of sp³-hybridized carbons (Fsp3) is 0.867. The van der Waals surface area contributed by atoms with Gasteiger partial charge in [0, 0.05) is 12.6 Å². The lowest BCUT2D eigenvalue weighted by Crippen LogP contribution is -2.60. The third-order valence-corrected chi connectivity index (χ3v) is 4.86. The fourth-order valence-electron chi connectivity index (χ4n) is 3.72. The van der Waals surface area contributed by atoms with Gasteiger partial charge in [0.1, 0.15) is 5.54 Å². The largest absolute Gasteiger partial charge is 0.480 e. The zero-order valence-corrected chi connectivity index (χ0v) is 12.5. The number of nitrogens with zero attached hydrogens (tertiary/aromatic N) is 1. The van der Waals surface area contributed by atoms with Gasteiger partial charge in [-0.2, -0.15) is 0 Å². The van der Waals surface area contributed by atoms with Gasteiger partial charge in [0.15, 0.2) is 0 Å². The maximum Gasteiger partial charge on any atom is 0.329 e. The van der Waals surface area contributed by atoms with Gasteiger partial charge in [-0.25, -0.2) is 9.59 Å². The number of carboxylic acid groups (broad SMARTS) is 1. The van der Waals surface area contributed by atoms with E-state index in [1.807, 2.05) is 4.90 Å². The zero-order valence-electron chi connectivity index (χ0n) is 12.5. The van der Waals surface area contributed by atoms with E-state index in [0.717, 1.165) is 38.6 Å². The quantitative estimate of drug-likeness (QED) is 0.836. The van der Waals surface area contributed by atoms with E-state index >= 15 is 0 Å². The normalized spacial score (nSPS) is 34.0. The van der Waals surface area contributed by atoms with Gasteiger partial charge in [-0.3, -0.25) is 0 Å². The van der Waals surface area contributed by atoms with Gasteiger partial charge in [-0.1, -0.05) is 26.7 Å². The topological polar surface area (TPSA) is 69.6 Å². The highest BCUT2D eigenvalue weighted by Gasteiger charge is 2.44. The predicted octanol–water partition coefficient (Wildman–Crippen LogP) is 2.60. The highest BCUT2D eigenvalue weighted by atomic mass is 16.4. The van der Waals surface area contributed by atoms with Gasteiger partial charge in [-0.05, 0) is 38.0 Å². The van der Waals surface area contributed by atoms with Crippen LogP contribution in [0.4, 0.5) is 4.79 Å². The smallest absolute Gasteiger partial charge is 0.329 e. The maximum atomic E-state index is 12.5. The molecule has 2 amide bonds. The Morgan fingerprint density at radius 3 is 2.70 bits per heavy atom. The monoisotopic (exact) mass is 282 g/mol. The summed E-state index contributed by atoms with van der Waals surface area (Å²) in [5, 5.41) is 12.4. The maximum absolute atomic E-state index is 12.5. The molecule has 5 heteroatoms. The third kappa shape index (κ3) is 2.91. The summed E-state index contributed by atoms with van der Waals surface area (Å²) < 4.78 is 0. The molecule has 2 fully saturated rings. The van der Waals surface area contributed by atoms with E-state index in [4.69, 9.17) is 0 Å². The second-order valence-corrected chi connectivity index (χ2v) is 6.42. The van der Waals surface area contributed by atoms with Crippen molar-refractivity contribution in [2.45, 2.75) is 70.4 Å². The van der Waals surface area contributed by atoms with E-state index in [9.17, 15) is 14.7 Å². The van der Waals surface area contributed by atoms with Crippen molar-refractivity contribution in [3.63, 3.8) is 0 Å². The molecule has 2 rings (SSSR count). The Kier molecular flexibility index (Phi) is 4.55. The first-order valence-electron chi connectivity index (χ1n) is 7.80. The van der Waals surface area contributed by atoms with Crippen LogP contribution in [-0.4, -0.2) is 40.1 Å². The Bertz CT molecular complexity index is 385. The molecule has 1 saturated heterocycles. The minimum absolute atomic E-state index is 0.189. The summed E-state index contributed by atoms with van der Waals surface area (Å²) in [7, 11) is 0. The van der Waals surface area contributed by atoms with Gasteiger partial charge >= 0.3 is 12.0 Å². The zero-order chi connectivity index (χ0) is 14.8. The molecule has 1 saturated carbocycles. The summed E-state index contributed by atoms with van der Waals surface area (Å²) in [6, 6.07) is 0.0766. The number of urea groups is 1. The van der Waals surface area contributed by atoms with Crippen LogP contribution in [-0.2, 0) is 4.79 Å². The molecule has 2 N–H and O–H groups in total. The van der Waals surface area contributed by atoms with Crippen LogP contribution in [0.25, 0.3) is 0 Å². The van der Waals surface area contributed by atoms with Crippen LogP contribution in [0.2, 0.25) is 0 Å². The van der Waals surface area contributed by atoms with Crippen molar-refractivity contribution in [1.29, 1.82) is 0 Å². The molecule has 0 aromatic rings. The Balaban J connectivity index is 2.08. The Labute approximate surface area is 120 Å². The van der Waals surface area contributed by atoms with Gasteiger partial charge in [0.2, 0.25) is 0 Å². The van der Waals surface area contributed by atoms with Crippen molar-refractivity contribution >= 4 is 12.0 Å². The van der Waals surface area contributed by atoms with Crippen LogP contribution in [0.15, 0.2) is 0 Å². The van der Waals surface area contributed by atoms with Crippen molar-refractivity contribution in [3.05, 3.63) is 0 Å². The molecule has 0 spiro atoms. The van der Waals surface area contributed by atoms with E-state index in [0.29, 0.717) is 18.8 Å². The molecule has 20 heavy (non-hydrogen) atoms. The summed E-state index contributed by atoms with van der Waals surface area (Å²) in [4.78, 5) is 26.0.